The zero-order chi connectivity index (χ0) is 11.6. The predicted molar refractivity (Wildman–Crippen MR) is 66.6 cm³/mol. The van der Waals surface area contributed by atoms with Gasteiger partial charge in [0.15, 0.2) is 0 Å². The number of nitrogens with one attached hydrogen (secondary N) is 1. The highest BCUT2D eigenvalue weighted by molar-refractivity contribution is 4.95. The van der Waals surface area contributed by atoms with Gasteiger partial charge in [-0.3, -0.25) is 0 Å². The van der Waals surface area contributed by atoms with Gasteiger partial charge in [-0.05, 0) is 38.9 Å². The molecule has 3 heteroatoms. The minimum absolute atomic E-state index is 0.450. The second-order valence-electron chi connectivity index (χ2n) is 5.97. The fraction of sp³-hybridized carbons (Fsp3) is 1.00. The topological polar surface area (TPSA) is 24.5 Å². The van der Waals surface area contributed by atoms with Crippen LogP contribution >= 0.6 is 0 Å². The zero-order valence-electron chi connectivity index (χ0n) is 11.0. The zero-order valence-corrected chi connectivity index (χ0v) is 11.0. The number of piperidine rings is 1. The third kappa shape index (κ3) is 2.58. The summed E-state index contributed by atoms with van der Waals surface area (Å²) in [5.74, 6) is 0.865. The van der Waals surface area contributed by atoms with Gasteiger partial charge in [-0.15, -0.1) is 0 Å². The first-order chi connectivity index (χ1) is 7.62. The predicted octanol–water partition coefficient (Wildman–Crippen LogP) is 1.34. The molecule has 0 aromatic rings. The molecule has 0 bridgehead atoms. The maximum atomic E-state index is 5.50. The van der Waals surface area contributed by atoms with Gasteiger partial charge in [0, 0.05) is 18.0 Å². The lowest BCUT2D eigenvalue weighted by Gasteiger charge is -2.50. The molecule has 2 aliphatic heterocycles. The van der Waals surface area contributed by atoms with Crippen LogP contribution in [0, 0.1) is 11.3 Å². The molecule has 0 aliphatic carbocycles. The molecule has 0 atom stereocenters. The Morgan fingerprint density at radius 3 is 2.38 bits per heavy atom. The van der Waals surface area contributed by atoms with Crippen molar-refractivity contribution in [3.05, 3.63) is 0 Å². The summed E-state index contributed by atoms with van der Waals surface area (Å²) < 4.78 is 5.50. The van der Waals surface area contributed by atoms with Gasteiger partial charge in [-0.25, -0.2) is 0 Å². The molecule has 3 nitrogen and oxygen atoms in total. The Balaban J connectivity index is 1.88. The van der Waals surface area contributed by atoms with E-state index in [9.17, 15) is 0 Å². The molecule has 2 aliphatic rings. The summed E-state index contributed by atoms with van der Waals surface area (Å²) in [6.07, 6.45) is 2.69. The Bertz CT molecular complexity index is 218. The lowest BCUT2D eigenvalue weighted by molar-refractivity contribution is -0.153. The minimum Gasteiger partial charge on any atom is -0.380 e. The van der Waals surface area contributed by atoms with Crippen molar-refractivity contribution < 1.29 is 4.74 Å². The minimum atomic E-state index is 0.450. The summed E-state index contributed by atoms with van der Waals surface area (Å²) in [6.45, 7) is 10.0. The van der Waals surface area contributed by atoms with Gasteiger partial charge >= 0.3 is 0 Å². The van der Waals surface area contributed by atoms with Crippen molar-refractivity contribution in [3.63, 3.8) is 0 Å². The number of hydrogen-bond acceptors (Lipinski definition) is 3. The van der Waals surface area contributed by atoms with Crippen LogP contribution in [-0.4, -0.2) is 50.8 Å². The Morgan fingerprint density at radius 2 is 1.94 bits per heavy atom. The molecule has 94 valence electrons. The van der Waals surface area contributed by atoms with Gasteiger partial charge in [0.2, 0.25) is 0 Å². The number of rotatable bonds is 4. The molecule has 1 N–H and O–H groups in total. The van der Waals surface area contributed by atoms with E-state index < -0.39 is 0 Å². The first-order valence-corrected chi connectivity index (χ1v) is 6.62. The monoisotopic (exact) mass is 226 g/mol. The van der Waals surface area contributed by atoms with Gasteiger partial charge in [0.1, 0.15) is 0 Å². The van der Waals surface area contributed by atoms with Crippen molar-refractivity contribution in [2.24, 2.45) is 11.3 Å². The van der Waals surface area contributed by atoms with E-state index in [2.05, 4.69) is 31.1 Å². The molecule has 2 heterocycles. The third-order valence-electron chi connectivity index (χ3n) is 4.23. The van der Waals surface area contributed by atoms with E-state index in [1.165, 1.54) is 25.9 Å². The Hall–Kier alpha value is -0.120. The second kappa shape index (κ2) is 5.03. The van der Waals surface area contributed by atoms with Crippen LogP contribution in [0.2, 0.25) is 0 Å². The average molecular weight is 226 g/mol. The number of hydrogen-bond donors (Lipinski definition) is 1. The van der Waals surface area contributed by atoms with E-state index in [0.29, 0.717) is 11.5 Å². The van der Waals surface area contributed by atoms with E-state index in [4.69, 9.17) is 4.74 Å². The summed E-state index contributed by atoms with van der Waals surface area (Å²) in [4.78, 5) is 2.44. The van der Waals surface area contributed by atoms with Crippen molar-refractivity contribution in [2.45, 2.75) is 32.7 Å². The van der Waals surface area contributed by atoms with E-state index in [1.807, 2.05) is 0 Å². The van der Waals surface area contributed by atoms with Crippen LogP contribution in [-0.2, 0) is 4.74 Å². The average Bonchev–Trinajstić information content (AvgIpc) is 2.18. The van der Waals surface area contributed by atoms with Crippen LogP contribution in [0.25, 0.3) is 0 Å². The summed E-state index contributed by atoms with van der Waals surface area (Å²) >= 11 is 0. The van der Waals surface area contributed by atoms with Crippen LogP contribution in [0.4, 0.5) is 0 Å². The molecule has 0 spiro atoms. The molecule has 0 unspecified atom stereocenters. The largest absolute Gasteiger partial charge is 0.380 e. The van der Waals surface area contributed by atoms with Crippen LogP contribution in [0.3, 0.4) is 0 Å². The quantitative estimate of drug-likeness (QED) is 0.783. The summed E-state index contributed by atoms with van der Waals surface area (Å²) in [5.41, 5.74) is 0.450. The molecule has 16 heavy (non-hydrogen) atoms. The molecule has 2 saturated heterocycles. The molecular weight excluding hydrogens is 200 g/mol. The molecule has 0 aromatic carbocycles. The standard InChI is InChI=1S/C13H26N2O/c1-11(2)14-8-13(9-16-10-13)12-4-6-15(3)7-5-12/h11-12,14H,4-10H2,1-3H3. The molecule has 0 saturated carbocycles. The Labute approximate surface area is 99.5 Å². The van der Waals surface area contributed by atoms with Gasteiger partial charge < -0.3 is 15.0 Å². The highest BCUT2D eigenvalue weighted by Crippen LogP contribution is 2.41. The Morgan fingerprint density at radius 1 is 1.31 bits per heavy atom. The highest BCUT2D eigenvalue weighted by Gasteiger charge is 2.45. The van der Waals surface area contributed by atoms with Crippen molar-refractivity contribution in [1.29, 1.82) is 0 Å². The van der Waals surface area contributed by atoms with E-state index in [1.54, 1.807) is 0 Å². The van der Waals surface area contributed by atoms with Crippen LogP contribution in [0.15, 0.2) is 0 Å². The lowest BCUT2D eigenvalue weighted by Crippen LogP contribution is -2.57. The molecule has 0 aromatic heterocycles. The van der Waals surface area contributed by atoms with E-state index in [-0.39, 0.29) is 0 Å². The van der Waals surface area contributed by atoms with Gasteiger partial charge in [0.05, 0.1) is 13.2 Å². The first kappa shape index (κ1) is 12.3. The van der Waals surface area contributed by atoms with Crippen molar-refractivity contribution in [1.82, 2.24) is 10.2 Å². The van der Waals surface area contributed by atoms with Gasteiger partial charge in [0.25, 0.3) is 0 Å². The normalized spacial score (nSPS) is 27.0. The van der Waals surface area contributed by atoms with Crippen LogP contribution in [0.1, 0.15) is 26.7 Å². The second-order valence-corrected chi connectivity index (χ2v) is 5.97. The van der Waals surface area contributed by atoms with Crippen molar-refractivity contribution in [3.8, 4) is 0 Å². The molecule has 2 fully saturated rings. The lowest BCUT2D eigenvalue weighted by atomic mass is 9.69. The fourth-order valence-corrected chi connectivity index (χ4v) is 2.87. The maximum Gasteiger partial charge on any atom is 0.0559 e. The highest BCUT2D eigenvalue weighted by atomic mass is 16.5. The summed E-state index contributed by atoms with van der Waals surface area (Å²) in [7, 11) is 2.23. The molecule has 2 rings (SSSR count). The fourth-order valence-electron chi connectivity index (χ4n) is 2.87. The number of likely N-dealkylation sites (tertiary alicyclic amines) is 1. The number of nitrogens with zero attached hydrogens (tertiary/aromatic N) is 1. The smallest absolute Gasteiger partial charge is 0.0559 e. The first-order valence-electron chi connectivity index (χ1n) is 6.62. The van der Waals surface area contributed by atoms with Gasteiger partial charge in [-0.2, -0.15) is 0 Å². The van der Waals surface area contributed by atoms with Gasteiger partial charge in [-0.1, -0.05) is 13.8 Å². The molecule has 0 amide bonds. The van der Waals surface area contributed by atoms with E-state index >= 15 is 0 Å². The molecular formula is C13H26N2O. The van der Waals surface area contributed by atoms with E-state index in [0.717, 1.165) is 25.7 Å². The molecule has 0 radical (unpaired) electrons. The number of ether oxygens (including phenoxy) is 1. The van der Waals surface area contributed by atoms with Crippen LogP contribution in [0.5, 0.6) is 0 Å². The summed E-state index contributed by atoms with van der Waals surface area (Å²) in [5, 5.41) is 3.60. The SMILES string of the molecule is CC(C)NCC1(C2CCN(C)CC2)COC1. The summed E-state index contributed by atoms with van der Waals surface area (Å²) in [6, 6.07) is 0.587. The van der Waals surface area contributed by atoms with Crippen molar-refractivity contribution in [2.75, 3.05) is 39.9 Å². The van der Waals surface area contributed by atoms with Crippen molar-refractivity contribution >= 4 is 0 Å². The Kier molecular flexibility index (Phi) is 3.88. The maximum absolute atomic E-state index is 5.50. The van der Waals surface area contributed by atoms with Crippen LogP contribution < -0.4 is 5.32 Å². The third-order valence-corrected chi connectivity index (χ3v) is 4.23.